The molecular formula is C16H28N2OS. The van der Waals surface area contributed by atoms with E-state index in [9.17, 15) is 0 Å². The Hall–Kier alpha value is -0.450. The normalized spacial score (nSPS) is 21.9. The molecule has 0 bridgehead atoms. The number of hydrogen-bond donors (Lipinski definition) is 1. The van der Waals surface area contributed by atoms with E-state index in [2.05, 4.69) is 39.9 Å². The number of aromatic nitrogens is 1. The zero-order chi connectivity index (χ0) is 14.8. The highest BCUT2D eigenvalue weighted by atomic mass is 32.1. The van der Waals surface area contributed by atoms with E-state index in [1.165, 1.54) is 28.4 Å². The van der Waals surface area contributed by atoms with Crippen molar-refractivity contribution in [3.05, 3.63) is 15.6 Å². The minimum atomic E-state index is 0.143. The van der Waals surface area contributed by atoms with Gasteiger partial charge in [0.2, 0.25) is 0 Å². The lowest BCUT2D eigenvalue weighted by atomic mass is 9.98. The highest BCUT2D eigenvalue weighted by Crippen LogP contribution is 2.32. The molecule has 0 aliphatic carbocycles. The third-order valence-electron chi connectivity index (χ3n) is 3.83. The van der Waals surface area contributed by atoms with Crippen molar-refractivity contribution in [2.75, 3.05) is 19.8 Å². The van der Waals surface area contributed by atoms with Crippen molar-refractivity contribution in [2.24, 2.45) is 5.92 Å². The number of nitrogens with one attached hydrogen (secondary N) is 1. The summed E-state index contributed by atoms with van der Waals surface area (Å²) in [5.74, 6) is 0.668. The van der Waals surface area contributed by atoms with E-state index in [1.54, 1.807) is 0 Å². The van der Waals surface area contributed by atoms with Crippen molar-refractivity contribution in [3.63, 3.8) is 0 Å². The molecule has 2 rings (SSSR count). The van der Waals surface area contributed by atoms with E-state index in [1.807, 2.05) is 11.3 Å². The summed E-state index contributed by atoms with van der Waals surface area (Å²) in [6.45, 7) is 14.0. The van der Waals surface area contributed by atoms with E-state index >= 15 is 0 Å². The maximum atomic E-state index is 5.54. The molecule has 3 nitrogen and oxygen atoms in total. The maximum absolute atomic E-state index is 5.54. The van der Waals surface area contributed by atoms with Crippen LogP contribution >= 0.6 is 11.3 Å². The third-order valence-corrected chi connectivity index (χ3v) is 5.60. The van der Waals surface area contributed by atoms with Gasteiger partial charge in [0.15, 0.2) is 0 Å². The van der Waals surface area contributed by atoms with E-state index in [-0.39, 0.29) is 5.41 Å². The molecule has 1 aliphatic rings. The van der Waals surface area contributed by atoms with Crippen molar-refractivity contribution in [1.29, 1.82) is 0 Å². The summed E-state index contributed by atoms with van der Waals surface area (Å²) in [6, 6.07) is 0.380. The van der Waals surface area contributed by atoms with Crippen LogP contribution in [0.1, 0.15) is 62.2 Å². The van der Waals surface area contributed by atoms with Crippen molar-refractivity contribution < 1.29 is 4.74 Å². The van der Waals surface area contributed by atoms with Gasteiger partial charge in [-0.2, -0.15) is 0 Å². The maximum Gasteiger partial charge on any atom is 0.0985 e. The second kappa shape index (κ2) is 6.54. The van der Waals surface area contributed by atoms with Gasteiger partial charge in [-0.15, -0.1) is 11.3 Å². The molecule has 1 saturated heterocycles. The highest BCUT2D eigenvalue weighted by Gasteiger charge is 2.23. The fraction of sp³-hybridized carbons (Fsp3) is 0.812. The molecule has 1 aromatic heterocycles. The van der Waals surface area contributed by atoms with Crippen LogP contribution < -0.4 is 5.32 Å². The smallest absolute Gasteiger partial charge is 0.0985 e. The second-order valence-electron chi connectivity index (χ2n) is 6.93. The van der Waals surface area contributed by atoms with Gasteiger partial charge in [0.05, 0.1) is 17.3 Å². The molecule has 2 heterocycles. The van der Waals surface area contributed by atoms with Crippen LogP contribution in [0.25, 0.3) is 0 Å². The van der Waals surface area contributed by atoms with Crippen LogP contribution in [0.5, 0.6) is 0 Å². The molecule has 0 spiro atoms. The molecule has 2 unspecified atom stereocenters. The lowest BCUT2D eigenvalue weighted by Gasteiger charge is -2.24. The Labute approximate surface area is 127 Å². The van der Waals surface area contributed by atoms with Gasteiger partial charge >= 0.3 is 0 Å². The molecule has 1 aromatic rings. The third kappa shape index (κ3) is 4.03. The Morgan fingerprint density at radius 3 is 2.75 bits per heavy atom. The highest BCUT2D eigenvalue weighted by molar-refractivity contribution is 7.12. The minimum absolute atomic E-state index is 0.143. The first-order valence-corrected chi connectivity index (χ1v) is 8.48. The molecule has 4 heteroatoms. The number of hydrogen-bond acceptors (Lipinski definition) is 4. The van der Waals surface area contributed by atoms with Crippen LogP contribution in [-0.4, -0.2) is 24.7 Å². The summed E-state index contributed by atoms with van der Waals surface area (Å²) in [5, 5.41) is 4.90. The summed E-state index contributed by atoms with van der Waals surface area (Å²) in [4.78, 5) is 6.13. The molecule has 0 amide bonds. The Bertz CT molecular complexity index is 430. The standard InChI is InChI=1S/C16H28N2OS/c1-11(17-9-13-7-6-8-19-10-13)14-12(2)18-15(20-14)16(3,4)5/h11,13,17H,6-10H2,1-5H3. The lowest BCUT2D eigenvalue weighted by Crippen LogP contribution is -2.30. The molecule has 2 atom stereocenters. The Morgan fingerprint density at radius 2 is 2.20 bits per heavy atom. The Morgan fingerprint density at radius 1 is 1.45 bits per heavy atom. The molecule has 1 aliphatic heterocycles. The summed E-state index contributed by atoms with van der Waals surface area (Å²) in [5.41, 5.74) is 1.32. The zero-order valence-electron chi connectivity index (χ0n) is 13.5. The summed E-state index contributed by atoms with van der Waals surface area (Å²) < 4.78 is 5.54. The first-order chi connectivity index (χ1) is 9.38. The number of thiazole rings is 1. The van der Waals surface area contributed by atoms with Gasteiger partial charge in [0.1, 0.15) is 0 Å². The molecule has 0 radical (unpaired) electrons. The van der Waals surface area contributed by atoms with Gasteiger partial charge < -0.3 is 10.1 Å². The molecule has 20 heavy (non-hydrogen) atoms. The van der Waals surface area contributed by atoms with Gasteiger partial charge in [-0.1, -0.05) is 20.8 Å². The predicted molar refractivity (Wildman–Crippen MR) is 85.5 cm³/mol. The molecule has 0 aromatic carbocycles. The van der Waals surface area contributed by atoms with E-state index in [0.717, 1.165) is 19.8 Å². The molecule has 114 valence electrons. The summed E-state index contributed by atoms with van der Waals surface area (Å²) >= 11 is 1.86. The number of ether oxygens (including phenoxy) is 1. The average Bonchev–Trinajstić information content (AvgIpc) is 2.79. The van der Waals surface area contributed by atoms with Crippen LogP contribution in [-0.2, 0) is 10.2 Å². The van der Waals surface area contributed by atoms with Crippen LogP contribution in [0.3, 0.4) is 0 Å². The minimum Gasteiger partial charge on any atom is -0.381 e. The van der Waals surface area contributed by atoms with Crippen LogP contribution in [0.4, 0.5) is 0 Å². The summed E-state index contributed by atoms with van der Waals surface area (Å²) in [6.07, 6.45) is 2.49. The Kier molecular flexibility index (Phi) is 5.21. The SMILES string of the molecule is Cc1nc(C(C)(C)C)sc1C(C)NCC1CCCOC1. The van der Waals surface area contributed by atoms with Crippen molar-refractivity contribution in [1.82, 2.24) is 10.3 Å². The van der Waals surface area contributed by atoms with Gasteiger partial charge in [0, 0.05) is 29.5 Å². The number of aryl methyl sites for hydroxylation is 1. The Balaban J connectivity index is 1.94. The predicted octanol–water partition coefficient (Wildman–Crippen LogP) is 3.83. The molecule has 1 N–H and O–H groups in total. The van der Waals surface area contributed by atoms with Gasteiger partial charge in [-0.3, -0.25) is 0 Å². The number of nitrogens with zero attached hydrogens (tertiary/aromatic N) is 1. The molecule has 0 saturated carbocycles. The van der Waals surface area contributed by atoms with Crippen LogP contribution in [0.2, 0.25) is 0 Å². The largest absolute Gasteiger partial charge is 0.381 e. The van der Waals surface area contributed by atoms with E-state index in [4.69, 9.17) is 9.72 Å². The topological polar surface area (TPSA) is 34.2 Å². The quantitative estimate of drug-likeness (QED) is 0.917. The fourth-order valence-corrected chi connectivity index (χ4v) is 3.69. The average molecular weight is 296 g/mol. The summed E-state index contributed by atoms with van der Waals surface area (Å²) in [7, 11) is 0. The van der Waals surface area contributed by atoms with Crippen LogP contribution in [0, 0.1) is 12.8 Å². The zero-order valence-corrected chi connectivity index (χ0v) is 14.3. The lowest BCUT2D eigenvalue weighted by molar-refractivity contribution is 0.0540. The number of rotatable bonds is 4. The first-order valence-electron chi connectivity index (χ1n) is 7.67. The van der Waals surface area contributed by atoms with E-state index in [0.29, 0.717) is 12.0 Å². The second-order valence-corrected chi connectivity index (χ2v) is 7.96. The first kappa shape index (κ1) is 15.9. The van der Waals surface area contributed by atoms with Gasteiger partial charge in [-0.25, -0.2) is 4.98 Å². The molecular weight excluding hydrogens is 268 g/mol. The van der Waals surface area contributed by atoms with Crippen LogP contribution in [0.15, 0.2) is 0 Å². The fourth-order valence-electron chi connectivity index (χ4n) is 2.54. The van der Waals surface area contributed by atoms with Crippen molar-refractivity contribution in [2.45, 2.75) is 58.9 Å². The monoisotopic (exact) mass is 296 g/mol. The van der Waals surface area contributed by atoms with Crippen molar-refractivity contribution in [3.8, 4) is 0 Å². The van der Waals surface area contributed by atoms with Gasteiger partial charge in [-0.05, 0) is 32.6 Å². The molecule has 1 fully saturated rings. The van der Waals surface area contributed by atoms with E-state index < -0.39 is 0 Å². The van der Waals surface area contributed by atoms with Crippen molar-refractivity contribution >= 4 is 11.3 Å². The van der Waals surface area contributed by atoms with Gasteiger partial charge in [0.25, 0.3) is 0 Å².